The molecule has 1 aromatic carbocycles. The summed E-state index contributed by atoms with van der Waals surface area (Å²) < 4.78 is 5.53. The van der Waals surface area contributed by atoms with Gasteiger partial charge in [-0.05, 0) is 25.6 Å². The molecule has 2 nitrogen and oxygen atoms in total. The van der Waals surface area contributed by atoms with Crippen LogP contribution in [0.25, 0.3) is 0 Å². The molecule has 0 saturated carbocycles. The minimum atomic E-state index is 0.418. The Kier molecular flexibility index (Phi) is 3.77. The highest BCUT2D eigenvalue weighted by Gasteiger charge is 1.99. The molecule has 0 aliphatic rings. The largest absolute Gasteiger partial charge is 0.493 e. The van der Waals surface area contributed by atoms with E-state index < -0.39 is 0 Å². The quantitative estimate of drug-likeness (QED) is 0.767. The van der Waals surface area contributed by atoms with Crippen molar-refractivity contribution in [2.45, 2.75) is 13.8 Å². The van der Waals surface area contributed by atoms with Crippen molar-refractivity contribution in [1.82, 2.24) is 0 Å². The summed E-state index contributed by atoms with van der Waals surface area (Å²) in [4.78, 5) is 0. The van der Waals surface area contributed by atoms with Crippen LogP contribution in [0.3, 0.4) is 0 Å². The average molecular weight is 179 g/mol. The first kappa shape index (κ1) is 10.1. The van der Waals surface area contributed by atoms with Crippen molar-refractivity contribution < 1.29 is 4.74 Å². The number of hydrogen-bond acceptors (Lipinski definition) is 2. The summed E-state index contributed by atoms with van der Waals surface area (Å²) in [5.74, 6) is 1.34. The van der Waals surface area contributed by atoms with Gasteiger partial charge in [-0.25, -0.2) is 0 Å². The molecule has 0 fully saturated rings. The second kappa shape index (κ2) is 4.87. The molecule has 0 spiro atoms. The van der Waals surface area contributed by atoms with Gasteiger partial charge in [-0.15, -0.1) is 0 Å². The number of aryl methyl sites for hydroxylation is 1. The normalized spacial score (nSPS) is 12.5. The SMILES string of the molecule is Cc1ccc(OC[C@@H](C)CN)cc1. The zero-order valence-corrected chi connectivity index (χ0v) is 8.29. The molecule has 13 heavy (non-hydrogen) atoms. The van der Waals surface area contributed by atoms with E-state index in [2.05, 4.69) is 13.8 Å². The van der Waals surface area contributed by atoms with Gasteiger partial charge in [0.05, 0.1) is 6.61 Å². The van der Waals surface area contributed by atoms with Crippen molar-refractivity contribution in [3.63, 3.8) is 0 Å². The predicted octanol–water partition coefficient (Wildman–Crippen LogP) is 1.97. The maximum absolute atomic E-state index is 5.53. The van der Waals surface area contributed by atoms with E-state index in [0.29, 0.717) is 19.1 Å². The van der Waals surface area contributed by atoms with Gasteiger partial charge >= 0.3 is 0 Å². The van der Waals surface area contributed by atoms with Gasteiger partial charge in [-0.2, -0.15) is 0 Å². The maximum Gasteiger partial charge on any atom is 0.119 e. The Morgan fingerprint density at radius 3 is 2.46 bits per heavy atom. The molecule has 0 radical (unpaired) electrons. The molecule has 1 rings (SSSR count). The Morgan fingerprint density at radius 1 is 1.31 bits per heavy atom. The number of nitrogens with two attached hydrogens (primary N) is 1. The zero-order chi connectivity index (χ0) is 9.68. The van der Waals surface area contributed by atoms with Crippen LogP contribution in [0.5, 0.6) is 5.75 Å². The third-order valence-corrected chi connectivity index (χ3v) is 1.96. The number of ether oxygens (including phenoxy) is 1. The van der Waals surface area contributed by atoms with Gasteiger partial charge in [0.15, 0.2) is 0 Å². The molecule has 0 heterocycles. The van der Waals surface area contributed by atoms with Crippen molar-refractivity contribution in [2.24, 2.45) is 11.7 Å². The summed E-state index contributed by atoms with van der Waals surface area (Å²) >= 11 is 0. The Bertz CT molecular complexity index is 243. The fraction of sp³-hybridized carbons (Fsp3) is 0.455. The monoisotopic (exact) mass is 179 g/mol. The standard InChI is InChI=1S/C11H17NO/c1-9-3-5-11(6-4-9)13-8-10(2)7-12/h3-6,10H,7-8,12H2,1-2H3/t10-/m0/s1. The Hall–Kier alpha value is -1.02. The molecule has 1 atom stereocenters. The molecule has 1 aromatic rings. The highest BCUT2D eigenvalue weighted by atomic mass is 16.5. The first-order valence-corrected chi connectivity index (χ1v) is 4.62. The number of hydrogen-bond donors (Lipinski definition) is 1. The van der Waals surface area contributed by atoms with Crippen LogP contribution in [0, 0.1) is 12.8 Å². The van der Waals surface area contributed by atoms with Gasteiger partial charge in [-0.3, -0.25) is 0 Å². The maximum atomic E-state index is 5.53. The van der Waals surface area contributed by atoms with Crippen LogP contribution in [0.15, 0.2) is 24.3 Å². The van der Waals surface area contributed by atoms with Crippen LogP contribution in [-0.4, -0.2) is 13.2 Å². The Morgan fingerprint density at radius 2 is 1.92 bits per heavy atom. The van der Waals surface area contributed by atoms with Crippen LogP contribution < -0.4 is 10.5 Å². The lowest BCUT2D eigenvalue weighted by Gasteiger charge is -2.10. The third kappa shape index (κ3) is 3.47. The summed E-state index contributed by atoms with van der Waals surface area (Å²) in [6.07, 6.45) is 0. The van der Waals surface area contributed by atoms with Gasteiger partial charge < -0.3 is 10.5 Å². The second-order valence-corrected chi connectivity index (χ2v) is 3.46. The summed E-state index contributed by atoms with van der Waals surface area (Å²) in [5.41, 5.74) is 6.73. The molecule has 72 valence electrons. The van der Waals surface area contributed by atoms with Gasteiger partial charge in [0.2, 0.25) is 0 Å². The molecule has 0 amide bonds. The minimum absolute atomic E-state index is 0.418. The van der Waals surface area contributed by atoms with Gasteiger partial charge in [0.25, 0.3) is 0 Å². The zero-order valence-electron chi connectivity index (χ0n) is 8.29. The van der Waals surface area contributed by atoms with Crippen LogP contribution in [0.2, 0.25) is 0 Å². The van der Waals surface area contributed by atoms with E-state index in [-0.39, 0.29) is 0 Å². The van der Waals surface area contributed by atoms with Gasteiger partial charge in [0, 0.05) is 5.92 Å². The third-order valence-electron chi connectivity index (χ3n) is 1.96. The summed E-state index contributed by atoms with van der Waals surface area (Å²) in [6.45, 7) is 5.51. The predicted molar refractivity (Wildman–Crippen MR) is 54.9 cm³/mol. The summed E-state index contributed by atoms with van der Waals surface area (Å²) in [7, 11) is 0. The van der Waals surface area contributed by atoms with E-state index >= 15 is 0 Å². The number of rotatable bonds is 4. The highest BCUT2D eigenvalue weighted by molar-refractivity contribution is 5.26. The van der Waals surface area contributed by atoms with Crippen molar-refractivity contribution in [1.29, 1.82) is 0 Å². The molecule has 0 aromatic heterocycles. The van der Waals surface area contributed by atoms with Crippen molar-refractivity contribution in [3.05, 3.63) is 29.8 Å². The molecule has 0 aliphatic heterocycles. The lowest BCUT2D eigenvalue weighted by molar-refractivity contribution is 0.264. The first-order valence-electron chi connectivity index (χ1n) is 4.62. The van der Waals surface area contributed by atoms with Crippen LogP contribution >= 0.6 is 0 Å². The molecule has 0 saturated heterocycles. The minimum Gasteiger partial charge on any atom is -0.493 e. The summed E-state index contributed by atoms with van der Waals surface area (Å²) in [5, 5.41) is 0. The average Bonchev–Trinajstić information content (AvgIpc) is 2.16. The lowest BCUT2D eigenvalue weighted by atomic mass is 10.2. The second-order valence-electron chi connectivity index (χ2n) is 3.46. The molecule has 2 N–H and O–H groups in total. The molecular formula is C11H17NO. The first-order chi connectivity index (χ1) is 6.22. The fourth-order valence-electron chi connectivity index (χ4n) is 0.941. The van der Waals surface area contributed by atoms with Crippen molar-refractivity contribution >= 4 is 0 Å². The molecular weight excluding hydrogens is 162 g/mol. The van der Waals surface area contributed by atoms with Crippen LogP contribution in [0.4, 0.5) is 0 Å². The van der Waals surface area contributed by atoms with Gasteiger partial charge in [0.1, 0.15) is 5.75 Å². The van der Waals surface area contributed by atoms with Gasteiger partial charge in [-0.1, -0.05) is 24.6 Å². The topological polar surface area (TPSA) is 35.2 Å². The summed E-state index contributed by atoms with van der Waals surface area (Å²) in [6, 6.07) is 8.06. The number of benzene rings is 1. The van der Waals surface area contributed by atoms with Crippen molar-refractivity contribution in [3.8, 4) is 5.75 Å². The lowest BCUT2D eigenvalue weighted by Crippen LogP contribution is -2.18. The van der Waals surface area contributed by atoms with Crippen LogP contribution in [-0.2, 0) is 0 Å². The molecule has 0 bridgehead atoms. The Labute approximate surface area is 79.7 Å². The van der Waals surface area contributed by atoms with Crippen LogP contribution in [0.1, 0.15) is 12.5 Å². The molecule has 0 aliphatic carbocycles. The van der Waals surface area contributed by atoms with E-state index in [1.165, 1.54) is 5.56 Å². The molecule has 2 heteroatoms. The van der Waals surface area contributed by atoms with E-state index in [1.54, 1.807) is 0 Å². The smallest absolute Gasteiger partial charge is 0.119 e. The van der Waals surface area contributed by atoms with E-state index in [0.717, 1.165) is 5.75 Å². The van der Waals surface area contributed by atoms with E-state index in [9.17, 15) is 0 Å². The van der Waals surface area contributed by atoms with E-state index in [4.69, 9.17) is 10.5 Å². The van der Waals surface area contributed by atoms with E-state index in [1.807, 2.05) is 24.3 Å². The highest BCUT2D eigenvalue weighted by Crippen LogP contribution is 2.12. The van der Waals surface area contributed by atoms with Crippen molar-refractivity contribution in [2.75, 3.05) is 13.2 Å². The molecule has 0 unspecified atom stereocenters. The fourth-order valence-corrected chi connectivity index (χ4v) is 0.941. The Balaban J connectivity index is 2.41.